The number of aryl methyl sites for hydroxylation is 1. The molecule has 196 valence electrons. The van der Waals surface area contributed by atoms with Crippen LogP contribution in [0.5, 0.6) is 0 Å². The Morgan fingerprint density at radius 2 is 1.51 bits per heavy atom. The molecule has 1 aromatic rings. The summed E-state index contributed by atoms with van der Waals surface area (Å²) in [4.78, 5) is 43.8. The fourth-order valence-corrected chi connectivity index (χ4v) is 3.43. The molecular formula is C19H23F6N5O5. The van der Waals surface area contributed by atoms with Crippen molar-refractivity contribution in [3.8, 4) is 0 Å². The Bertz CT molecular complexity index is 921. The van der Waals surface area contributed by atoms with Gasteiger partial charge in [0.2, 0.25) is 5.91 Å². The van der Waals surface area contributed by atoms with Crippen LogP contribution in [0.25, 0.3) is 0 Å². The maximum absolute atomic E-state index is 12.6. The van der Waals surface area contributed by atoms with Crippen LogP contribution in [0.4, 0.5) is 32.2 Å². The van der Waals surface area contributed by atoms with E-state index < -0.39 is 24.3 Å². The highest BCUT2D eigenvalue weighted by atomic mass is 19.4. The molecule has 0 bridgehead atoms. The summed E-state index contributed by atoms with van der Waals surface area (Å²) >= 11 is 0. The molecular weight excluding hydrogens is 492 g/mol. The largest absolute Gasteiger partial charge is 0.490 e. The lowest BCUT2D eigenvalue weighted by Gasteiger charge is -2.33. The van der Waals surface area contributed by atoms with Gasteiger partial charge in [0.05, 0.1) is 24.7 Å². The summed E-state index contributed by atoms with van der Waals surface area (Å²) in [7, 11) is 0. The van der Waals surface area contributed by atoms with Gasteiger partial charge in [0.25, 0.3) is 0 Å². The molecule has 10 nitrogen and oxygen atoms in total. The Morgan fingerprint density at radius 3 is 1.91 bits per heavy atom. The highest BCUT2D eigenvalue weighted by Crippen LogP contribution is 2.32. The first kappa shape index (κ1) is 28.1. The molecule has 1 atom stereocenters. The number of hydrogen-bond acceptors (Lipinski definition) is 7. The number of nitrogens with one attached hydrogen (secondary N) is 1. The molecule has 3 aliphatic heterocycles. The predicted octanol–water partition coefficient (Wildman–Crippen LogP) is 1.71. The SMILES string of the molecule is Cc1nc2c(c(N3CCC3)n1)CN(C(=O)[C@@H]1CCNC1)C2.O=C(O)C(F)(F)F.O=C(O)C(F)(F)F. The molecule has 1 amide bonds. The summed E-state index contributed by atoms with van der Waals surface area (Å²) in [6.45, 7) is 7.18. The number of fused-ring (bicyclic) bond motifs is 1. The molecule has 1 aromatic heterocycles. The number of carbonyl (C=O) groups is 3. The minimum atomic E-state index is -5.08. The molecule has 0 aromatic carbocycles. The zero-order valence-corrected chi connectivity index (χ0v) is 18.4. The highest BCUT2D eigenvalue weighted by Gasteiger charge is 2.39. The molecule has 0 aliphatic carbocycles. The molecule has 3 aliphatic rings. The topological polar surface area (TPSA) is 136 Å². The van der Waals surface area contributed by atoms with E-state index in [1.54, 1.807) is 0 Å². The number of amides is 1. The average molecular weight is 515 g/mol. The van der Waals surface area contributed by atoms with Gasteiger partial charge >= 0.3 is 24.3 Å². The van der Waals surface area contributed by atoms with Crippen LogP contribution < -0.4 is 10.2 Å². The van der Waals surface area contributed by atoms with Gasteiger partial charge in [0.1, 0.15) is 11.6 Å². The van der Waals surface area contributed by atoms with Gasteiger partial charge in [-0.05, 0) is 26.3 Å². The molecule has 3 N–H and O–H groups in total. The van der Waals surface area contributed by atoms with Crippen LogP contribution in [-0.4, -0.2) is 81.5 Å². The number of rotatable bonds is 2. The van der Waals surface area contributed by atoms with Crippen LogP contribution in [-0.2, 0) is 27.5 Å². The second-order valence-corrected chi connectivity index (χ2v) is 7.85. The third-order valence-corrected chi connectivity index (χ3v) is 5.23. The fourth-order valence-electron chi connectivity index (χ4n) is 3.43. The Balaban J connectivity index is 0.000000257. The lowest BCUT2D eigenvalue weighted by Crippen LogP contribution is -2.39. The van der Waals surface area contributed by atoms with Crippen LogP contribution in [0.1, 0.15) is 29.9 Å². The maximum Gasteiger partial charge on any atom is 0.490 e. The predicted molar refractivity (Wildman–Crippen MR) is 106 cm³/mol. The van der Waals surface area contributed by atoms with E-state index in [0.717, 1.165) is 49.9 Å². The molecule has 4 heterocycles. The minimum absolute atomic E-state index is 0.140. The third kappa shape index (κ3) is 7.66. The standard InChI is InChI=1S/C15H21N5O.2C2HF3O2/c1-10-17-13-9-20(15(21)11-3-4-16-7-11)8-12(13)14(18-10)19-5-2-6-19;2*3-2(4,5)1(6)7/h11,16H,2-9H2,1H3;2*(H,6,7)/t11-;;/m1../s1. The van der Waals surface area contributed by atoms with Gasteiger partial charge in [-0.25, -0.2) is 19.6 Å². The van der Waals surface area contributed by atoms with Gasteiger partial charge in [0, 0.05) is 25.2 Å². The van der Waals surface area contributed by atoms with E-state index >= 15 is 0 Å². The Kier molecular flexibility index (Phi) is 8.86. The van der Waals surface area contributed by atoms with Gasteiger partial charge in [-0.3, -0.25) is 4.79 Å². The van der Waals surface area contributed by atoms with Gasteiger partial charge in [-0.2, -0.15) is 26.3 Å². The maximum atomic E-state index is 12.6. The first-order valence-electron chi connectivity index (χ1n) is 10.3. The lowest BCUT2D eigenvalue weighted by atomic mass is 10.1. The van der Waals surface area contributed by atoms with E-state index in [0.29, 0.717) is 13.1 Å². The number of alkyl halides is 6. The van der Waals surface area contributed by atoms with Crippen LogP contribution in [0.3, 0.4) is 0 Å². The zero-order valence-electron chi connectivity index (χ0n) is 18.4. The van der Waals surface area contributed by atoms with Crippen LogP contribution in [0.15, 0.2) is 0 Å². The number of carboxylic acids is 2. The number of carboxylic acid groups (broad SMARTS) is 2. The third-order valence-electron chi connectivity index (χ3n) is 5.23. The normalized spacial score (nSPS) is 19.0. The van der Waals surface area contributed by atoms with Gasteiger partial charge in [-0.15, -0.1) is 0 Å². The van der Waals surface area contributed by atoms with E-state index in [4.69, 9.17) is 19.8 Å². The van der Waals surface area contributed by atoms with Crippen molar-refractivity contribution in [2.24, 2.45) is 5.92 Å². The van der Waals surface area contributed by atoms with Crippen molar-refractivity contribution < 1.29 is 50.9 Å². The highest BCUT2D eigenvalue weighted by molar-refractivity contribution is 5.80. The van der Waals surface area contributed by atoms with Crippen LogP contribution in [0.2, 0.25) is 0 Å². The van der Waals surface area contributed by atoms with Crippen LogP contribution in [0, 0.1) is 12.8 Å². The number of halogens is 6. The summed E-state index contributed by atoms with van der Waals surface area (Å²) in [6, 6.07) is 0. The van der Waals surface area contributed by atoms with Gasteiger partial charge in [-0.1, -0.05) is 0 Å². The zero-order chi connectivity index (χ0) is 26.6. The van der Waals surface area contributed by atoms with E-state index in [2.05, 4.69) is 20.2 Å². The van der Waals surface area contributed by atoms with E-state index in [9.17, 15) is 31.1 Å². The van der Waals surface area contributed by atoms with Gasteiger partial charge in [0.15, 0.2) is 0 Å². The first-order chi connectivity index (χ1) is 16.1. The summed E-state index contributed by atoms with van der Waals surface area (Å²) in [5, 5.41) is 17.5. The molecule has 0 saturated carbocycles. The quantitative estimate of drug-likeness (QED) is 0.503. The van der Waals surface area contributed by atoms with Gasteiger partial charge < -0.3 is 25.3 Å². The van der Waals surface area contributed by atoms with Crippen molar-refractivity contribution in [2.45, 2.75) is 45.2 Å². The molecule has 4 rings (SSSR count). The Morgan fingerprint density at radius 1 is 0.971 bits per heavy atom. The summed E-state index contributed by atoms with van der Waals surface area (Å²) in [5.41, 5.74) is 2.21. The molecule has 2 fully saturated rings. The molecule has 0 unspecified atom stereocenters. The van der Waals surface area contributed by atoms with Crippen LogP contribution >= 0.6 is 0 Å². The summed E-state index contributed by atoms with van der Waals surface area (Å²) in [5.74, 6) is -3.23. The lowest BCUT2D eigenvalue weighted by molar-refractivity contribution is -0.193. The molecule has 35 heavy (non-hydrogen) atoms. The van der Waals surface area contributed by atoms with Crippen molar-refractivity contribution >= 4 is 23.7 Å². The Labute approximate surface area is 194 Å². The number of carbonyl (C=O) groups excluding carboxylic acids is 1. The molecule has 0 radical (unpaired) electrons. The van der Waals surface area contributed by atoms with E-state index in [1.165, 1.54) is 12.0 Å². The molecule has 0 spiro atoms. The molecule has 16 heteroatoms. The second kappa shape index (κ2) is 11.0. The van der Waals surface area contributed by atoms with Crippen molar-refractivity contribution in [3.63, 3.8) is 0 Å². The summed E-state index contributed by atoms with van der Waals surface area (Å²) < 4.78 is 63.5. The van der Waals surface area contributed by atoms with E-state index in [1.807, 2.05) is 11.8 Å². The monoisotopic (exact) mass is 515 g/mol. The minimum Gasteiger partial charge on any atom is -0.475 e. The smallest absolute Gasteiger partial charge is 0.475 e. The Hall–Kier alpha value is -3.17. The number of aliphatic carboxylic acids is 2. The number of aromatic nitrogens is 2. The number of anilines is 1. The van der Waals surface area contributed by atoms with Crippen molar-refractivity contribution in [3.05, 3.63) is 17.1 Å². The molecule has 2 saturated heterocycles. The average Bonchev–Trinajstić information content (AvgIpc) is 3.35. The van der Waals surface area contributed by atoms with E-state index in [-0.39, 0.29) is 11.8 Å². The number of nitrogens with zero attached hydrogens (tertiary/aromatic N) is 4. The first-order valence-corrected chi connectivity index (χ1v) is 10.3. The number of hydrogen-bond donors (Lipinski definition) is 3. The van der Waals surface area contributed by atoms with Crippen molar-refractivity contribution in [1.29, 1.82) is 0 Å². The van der Waals surface area contributed by atoms with Crippen molar-refractivity contribution in [1.82, 2.24) is 20.2 Å². The fraction of sp³-hybridized carbons (Fsp3) is 0.632. The summed E-state index contributed by atoms with van der Waals surface area (Å²) in [6.07, 6.45) is -7.98. The van der Waals surface area contributed by atoms with Crippen molar-refractivity contribution in [2.75, 3.05) is 31.1 Å². The second-order valence-electron chi connectivity index (χ2n) is 7.85.